The van der Waals surface area contributed by atoms with Crippen LogP contribution in [-0.4, -0.2) is 79.6 Å². The van der Waals surface area contributed by atoms with E-state index in [0.29, 0.717) is 31.8 Å². The van der Waals surface area contributed by atoms with E-state index in [0.717, 1.165) is 31.4 Å². The molecule has 1 aromatic rings. The molecule has 43 heavy (non-hydrogen) atoms. The summed E-state index contributed by atoms with van der Waals surface area (Å²) in [5.74, 6) is 0.793. The number of nitrogens with zero attached hydrogens (tertiary/aromatic N) is 2. The molecule has 1 aliphatic rings. The van der Waals surface area contributed by atoms with Gasteiger partial charge in [0.1, 0.15) is 6.04 Å². The van der Waals surface area contributed by atoms with Gasteiger partial charge < -0.3 is 20.4 Å². The average molecular weight is 589 g/mol. The second-order valence-corrected chi connectivity index (χ2v) is 11.6. The van der Waals surface area contributed by atoms with Crippen molar-refractivity contribution in [2.45, 2.75) is 58.4 Å². The molecule has 1 aromatic carbocycles. The van der Waals surface area contributed by atoms with Gasteiger partial charge in [-0.15, -0.1) is 6.42 Å². The number of rotatable bonds is 18. The van der Waals surface area contributed by atoms with E-state index < -0.39 is 23.8 Å². The Hall–Kier alpha value is -3.96. The van der Waals surface area contributed by atoms with Crippen LogP contribution in [0.2, 0.25) is 0 Å². The van der Waals surface area contributed by atoms with Crippen LogP contribution in [0.25, 0.3) is 0 Å². The van der Waals surface area contributed by atoms with Crippen LogP contribution in [0.1, 0.15) is 51.5 Å². The number of likely N-dealkylation sites (N-methyl/N-ethyl adjacent to an activating group) is 2. The monoisotopic (exact) mass is 588 g/mol. The fourth-order valence-corrected chi connectivity index (χ4v) is 4.60. The first-order valence-electron chi connectivity index (χ1n) is 15.1. The lowest BCUT2D eigenvalue weighted by Gasteiger charge is -2.25. The van der Waals surface area contributed by atoms with Crippen LogP contribution in [0, 0.1) is 24.2 Å². The number of ketones is 1. The van der Waals surface area contributed by atoms with Crippen molar-refractivity contribution in [3.05, 3.63) is 71.8 Å². The number of hydrogen-bond donors (Lipinski definition) is 2. The van der Waals surface area contributed by atoms with Crippen LogP contribution in [-0.2, 0) is 25.6 Å². The zero-order chi connectivity index (χ0) is 31.6. The Morgan fingerprint density at radius 3 is 2.44 bits per heavy atom. The molecule has 2 atom stereocenters. The van der Waals surface area contributed by atoms with Gasteiger partial charge in [-0.3, -0.25) is 19.2 Å². The van der Waals surface area contributed by atoms with Gasteiger partial charge in [-0.1, -0.05) is 68.3 Å². The number of hydrogen-bond acceptors (Lipinski definition) is 5. The summed E-state index contributed by atoms with van der Waals surface area (Å²) in [5, 5.41) is 5.36. The van der Waals surface area contributed by atoms with Crippen molar-refractivity contribution in [1.29, 1.82) is 0 Å². The number of benzene rings is 1. The summed E-state index contributed by atoms with van der Waals surface area (Å²) in [7, 11) is 3.77. The maximum Gasteiger partial charge on any atom is 0.247 e. The number of amides is 3. The molecule has 8 nitrogen and oxygen atoms in total. The smallest absolute Gasteiger partial charge is 0.247 e. The Bertz CT molecular complexity index is 1200. The van der Waals surface area contributed by atoms with Gasteiger partial charge >= 0.3 is 0 Å². The van der Waals surface area contributed by atoms with E-state index >= 15 is 0 Å². The normalized spacial score (nSPS) is 14.2. The Morgan fingerprint density at radius 1 is 1.05 bits per heavy atom. The lowest BCUT2D eigenvalue weighted by molar-refractivity contribution is -0.136. The average Bonchev–Trinajstić information content (AvgIpc) is 3.00. The fourth-order valence-electron chi connectivity index (χ4n) is 4.60. The number of nitrogens with one attached hydrogen (secondary N) is 2. The molecule has 1 aliphatic carbocycles. The molecular weight excluding hydrogens is 540 g/mol. The van der Waals surface area contributed by atoms with E-state index in [2.05, 4.69) is 39.7 Å². The van der Waals surface area contributed by atoms with Gasteiger partial charge in [-0.2, -0.15) is 0 Å². The minimum absolute atomic E-state index is 0.0181. The molecule has 0 saturated heterocycles. The summed E-state index contributed by atoms with van der Waals surface area (Å²) in [6, 6.07) is 8.39. The largest absolute Gasteiger partial charge is 0.347 e. The number of carbonyl (C=O) groups is 4. The van der Waals surface area contributed by atoms with E-state index in [1.54, 1.807) is 11.9 Å². The number of carbonyl (C=O) groups excluding carboxylic acids is 4. The van der Waals surface area contributed by atoms with Gasteiger partial charge in [0, 0.05) is 39.5 Å². The first-order valence-corrected chi connectivity index (χ1v) is 15.1. The molecule has 0 heterocycles. The number of allylic oxidation sites excluding steroid dienone is 3. The quantitative estimate of drug-likeness (QED) is 0.255. The number of terminal acetylenes is 1. The van der Waals surface area contributed by atoms with Gasteiger partial charge in [0.05, 0.1) is 12.5 Å². The van der Waals surface area contributed by atoms with Crippen LogP contribution < -0.4 is 10.6 Å². The predicted molar refractivity (Wildman–Crippen MR) is 172 cm³/mol. The topological polar surface area (TPSA) is 98.8 Å². The standard InChI is InChI=1S/C35H48N4O4/c1-6-7-18-32(35(43)36-25-31(40)20-19-27(2)3)37-34(42)30(23-28-14-10-8-11-15-28)24-33(41)39(5)22-21-38(4)26-29-16-12-9-13-17-29/h1,7-8,10-12,14-18,27,30,32H,9,13,19-26H2,2-5H3,(H,36,43)(H,37,42)/t30-,32?/m1/s1. The van der Waals surface area contributed by atoms with Crippen LogP contribution in [0.3, 0.4) is 0 Å². The number of Topliss-reactive ketones (excluding diaryl/α,β-unsaturated/α-hetero) is 1. The fraction of sp³-hybridized carbons (Fsp3) is 0.486. The van der Waals surface area contributed by atoms with E-state index in [1.165, 1.54) is 17.7 Å². The summed E-state index contributed by atoms with van der Waals surface area (Å²) in [6.45, 7) is 5.96. The van der Waals surface area contributed by atoms with Crippen molar-refractivity contribution in [3.8, 4) is 12.3 Å². The van der Waals surface area contributed by atoms with E-state index in [-0.39, 0.29) is 24.7 Å². The summed E-state index contributed by atoms with van der Waals surface area (Å²) in [6.07, 6.45) is 18.2. The molecule has 232 valence electrons. The van der Waals surface area contributed by atoms with Crippen molar-refractivity contribution in [2.75, 3.05) is 40.3 Å². The van der Waals surface area contributed by atoms with Crippen molar-refractivity contribution in [1.82, 2.24) is 20.4 Å². The second kappa shape index (κ2) is 19.3. The Labute approximate surface area is 257 Å². The van der Waals surface area contributed by atoms with Gasteiger partial charge in [0.2, 0.25) is 17.7 Å². The molecule has 0 saturated carbocycles. The van der Waals surface area contributed by atoms with Gasteiger partial charge in [-0.05, 0) is 61.9 Å². The summed E-state index contributed by atoms with van der Waals surface area (Å²) in [5.41, 5.74) is 2.18. The van der Waals surface area contributed by atoms with Crippen molar-refractivity contribution in [2.24, 2.45) is 11.8 Å². The lowest BCUT2D eigenvalue weighted by atomic mass is 9.94. The minimum Gasteiger partial charge on any atom is -0.347 e. The zero-order valence-corrected chi connectivity index (χ0v) is 26.2. The Balaban J connectivity index is 2.05. The van der Waals surface area contributed by atoms with Crippen molar-refractivity contribution >= 4 is 23.5 Å². The molecule has 0 aromatic heterocycles. The SMILES string of the molecule is C#CC=CC(NC(=O)[C@@H](CC(=O)N(C)CCN(C)CC1=CCCC=C1)Cc1ccccc1)C(=O)NCC(=O)CCC(C)C. The van der Waals surface area contributed by atoms with E-state index in [1.807, 2.05) is 51.2 Å². The van der Waals surface area contributed by atoms with Crippen LogP contribution >= 0.6 is 0 Å². The molecule has 0 fully saturated rings. The van der Waals surface area contributed by atoms with Gasteiger partial charge in [0.25, 0.3) is 0 Å². The van der Waals surface area contributed by atoms with Crippen molar-refractivity contribution < 1.29 is 19.2 Å². The summed E-state index contributed by atoms with van der Waals surface area (Å²) >= 11 is 0. The minimum atomic E-state index is -1.08. The van der Waals surface area contributed by atoms with E-state index in [4.69, 9.17) is 6.42 Å². The molecule has 0 radical (unpaired) electrons. The Morgan fingerprint density at radius 2 is 1.79 bits per heavy atom. The molecule has 2 N–H and O–H groups in total. The lowest BCUT2D eigenvalue weighted by Crippen LogP contribution is -2.49. The van der Waals surface area contributed by atoms with Crippen LogP contribution in [0.5, 0.6) is 0 Å². The highest BCUT2D eigenvalue weighted by atomic mass is 16.2. The molecule has 0 aliphatic heterocycles. The first-order chi connectivity index (χ1) is 20.6. The highest BCUT2D eigenvalue weighted by molar-refractivity contribution is 5.93. The second-order valence-electron chi connectivity index (χ2n) is 11.6. The maximum absolute atomic E-state index is 13.6. The third-order valence-electron chi connectivity index (χ3n) is 7.31. The van der Waals surface area contributed by atoms with E-state index in [9.17, 15) is 19.2 Å². The summed E-state index contributed by atoms with van der Waals surface area (Å²) < 4.78 is 0. The molecular formula is C35H48N4O4. The predicted octanol–water partition coefficient (Wildman–Crippen LogP) is 3.70. The highest BCUT2D eigenvalue weighted by Gasteiger charge is 2.28. The van der Waals surface area contributed by atoms with Crippen LogP contribution in [0.15, 0.2) is 66.3 Å². The molecule has 8 heteroatoms. The third-order valence-corrected chi connectivity index (χ3v) is 7.31. The first kappa shape index (κ1) is 35.2. The third kappa shape index (κ3) is 14.2. The molecule has 3 amide bonds. The zero-order valence-electron chi connectivity index (χ0n) is 26.2. The molecule has 1 unspecified atom stereocenters. The molecule has 0 bridgehead atoms. The Kier molecular flexibility index (Phi) is 15.8. The van der Waals surface area contributed by atoms with Gasteiger partial charge in [0.15, 0.2) is 5.78 Å². The van der Waals surface area contributed by atoms with Crippen LogP contribution in [0.4, 0.5) is 0 Å². The molecule has 0 spiro atoms. The highest BCUT2D eigenvalue weighted by Crippen LogP contribution is 2.16. The van der Waals surface area contributed by atoms with Gasteiger partial charge in [-0.25, -0.2) is 0 Å². The summed E-state index contributed by atoms with van der Waals surface area (Å²) in [4.78, 5) is 55.8. The maximum atomic E-state index is 13.6. The van der Waals surface area contributed by atoms with Crippen molar-refractivity contribution in [3.63, 3.8) is 0 Å². The molecule has 2 rings (SSSR count).